The molecule has 0 aliphatic rings. The number of carbonyl (C=O) groups is 1. The van der Waals surface area contributed by atoms with Gasteiger partial charge in [0.25, 0.3) is 0 Å². The van der Waals surface area contributed by atoms with Gasteiger partial charge in [-0.15, -0.1) is 0 Å². The van der Waals surface area contributed by atoms with Crippen LogP contribution in [0.25, 0.3) is 0 Å². The quantitative estimate of drug-likeness (QED) is 0.874. The van der Waals surface area contributed by atoms with E-state index in [0.29, 0.717) is 16.9 Å². The number of rotatable bonds is 3. The van der Waals surface area contributed by atoms with Crippen LogP contribution >= 0.6 is 0 Å². The van der Waals surface area contributed by atoms with E-state index in [1.165, 1.54) is 18.3 Å². The zero-order chi connectivity index (χ0) is 13.1. The molecule has 0 aliphatic carbocycles. The highest BCUT2D eigenvalue weighted by atomic mass is 19.1. The van der Waals surface area contributed by atoms with Gasteiger partial charge in [0.05, 0.1) is 0 Å². The molecule has 0 spiro atoms. The molecule has 5 heteroatoms. The van der Waals surface area contributed by atoms with E-state index in [1.807, 2.05) is 0 Å². The third-order valence-corrected chi connectivity index (χ3v) is 2.44. The summed E-state index contributed by atoms with van der Waals surface area (Å²) in [6.07, 6.45) is 1.39. The monoisotopic (exact) mass is 246 g/mol. The number of nitrogens with one attached hydrogen (secondary N) is 1. The van der Waals surface area contributed by atoms with E-state index in [4.69, 9.17) is 5.11 Å². The van der Waals surface area contributed by atoms with Gasteiger partial charge in [0, 0.05) is 17.6 Å². The highest BCUT2D eigenvalue weighted by Crippen LogP contribution is 2.19. The number of carboxylic acids is 1. The molecule has 0 atom stereocenters. The molecule has 2 rings (SSSR count). The number of hydrogen-bond acceptors (Lipinski definition) is 3. The van der Waals surface area contributed by atoms with Gasteiger partial charge in [-0.2, -0.15) is 0 Å². The Labute approximate surface area is 103 Å². The average Bonchev–Trinajstić information content (AvgIpc) is 2.34. The topological polar surface area (TPSA) is 62.2 Å². The highest BCUT2D eigenvalue weighted by Gasteiger charge is 2.05. The van der Waals surface area contributed by atoms with Gasteiger partial charge in [-0.1, -0.05) is 6.07 Å². The molecule has 18 heavy (non-hydrogen) atoms. The highest BCUT2D eigenvalue weighted by molar-refractivity contribution is 5.86. The van der Waals surface area contributed by atoms with Crippen molar-refractivity contribution in [3.8, 4) is 0 Å². The second-order valence-corrected chi connectivity index (χ2v) is 3.82. The standard InChI is InChI=1S/C13H11FN2O2/c1-8-2-3-9(6-11(8)14)16-10-4-5-15-12(7-10)13(17)18/h2-7H,1H3,(H,15,16)(H,17,18). The van der Waals surface area contributed by atoms with Crippen LogP contribution in [0, 0.1) is 12.7 Å². The Balaban J connectivity index is 2.25. The Morgan fingerprint density at radius 2 is 2.00 bits per heavy atom. The lowest BCUT2D eigenvalue weighted by atomic mass is 10.2. The van der Waals surface area contributed by atoms with E-state index in [1.54, 1.807) is 25.1 Å². The minimum atomic E-state index is -1.10. The van der Waals surface area contributed by atoms with E-state index >= 15 is 0 Å². The summed E-state index contributed by atoms with van der Waals surface area (Å²) in [5, 5.41) is 11.7. The summed E-state index contributed by atoms with van der Waals surface area (Å²) < 4.78 is 13.3. The largest absolute Gasteiger partial charge is 0.477 e. The molecular formula is C13H11FN2O2. The molecule has 0 radical (unpaired) electrons. The van der Waals surface area contributed by atoms with E-state index in [-0.39, 0.29) is 11.5 Å². The van der Waals surface area contributed by atoms with Crippen LogP contribution in [0.15, 0.2) is 36.5 Å². The maximum atomic E-state index is 13.3. The van der Waals surface area contributed by atoms with Gasteiger partial charge in [-0.25, -0.2) is 14.2 Å². The number of aryl methyl sites for hydroxylation is 1. The molecule has 92 valence electrons. The lowest BCUT2D eigenvalue weighted by Crippen LogP contribution is -2.01. The van der Waals surface area contributed by atoms with Crippen LogP contribution in [0.1, 0.15) is 16.1 Å². The maximum absolute atomic E-state index is 13.3. The van der Waals surface area contributed by atoms with Crippen molar-refractivity contribution < 1.29 is 14.3 Å². The smallest absolute Gasteiger partial charge is 0.354 e. The zero-order valence-electron chi connectivity index (χ0n) is 9.64. The van der Waals surface area contributed by atoms with Crippen LogP contribution in [0.4, 0.5) is 15.8 Å². The van der Waals surface area contributed by atoms with Crippen molar-refractivity contribution in [3.63, 3.8) is 0 Å². The molecule has 0 aliphatic heterocycles. The van der Waals surface area contributed by atoms with Crippen LogP contribution in [0.5, 0.6) is 0 Å². The van der Waals surface area contributed by atoms with Gasteiger partial charge in [-0.05, 0) is 36.8 Å². The first-order chi connectivity index (χ1) is 8.56. The predicted molar refractivity (Wildman–Crippen MR) is 65.6 cm³/mol. The number of anilines is 2. The molecular weight excluding hydrogens is 235 g/mol. The second-order valence-electron chi connectivity index (χ2n) is 3.82. The summed E-state index contributed by atoms with van der Waals surface area (Å²) >= 11 is 0. The molecule has 1 aromatic carbocycles. The van der Waals surface area contributed by atoms with Crippen molar-refractivity contribution in [1.29, 1.82) is 0 Å². The van der Waals surface area contributed by atoms with Crippen molar-refractivity contribution >= 4 is 17.3 Å². The Hall–Kier alpha value is -2.43. The van der Waals surface area contributed by atoms with E-state index < -0.39 is 5.97 Å². The maximum Gasteiger partial charge on any atom is 0.354 e. The molecule has 0 unspecified atom stereocenters. The summed E-state index contributed by atoms with van der Waals surface area (Å²) in [5.74, 6) is -1.42. The minimum Gasteiger partial charge on any atom is -0.477 e. The van der Waals surface area contributed by atoms with E-state index in [2.05, 4.69) is 10.3 Å². The second kappa shape index (κ2) is 4.83. The van der Waals surface area contributed by atoms with Crippen molar-refractivity contribution in [3.05, 3.63) is 53.6 Å². The van der Waals surface area contributed by atoms with Gasteiger partial charge in [0.2, 0.25) is 0 Å². The van der Waals surface area contributed by atoms with Crippen LogP contribution in [-0.4, -0.2) is 16.1 Å². The Bertz CT molecular complexity index is 599. The lowest BCUT2D eigenvalue weighted by molar-refractivity contribution is 0.0690. The zero-order valence-corrected chi connectivity index (χ0v) is 9.64. The van der Waals surface area contributed by atoms with Gasteiger partial charge >= 0.3 is 5.97 Å². The molecule has 2 N–H and O–H groups in total. The normalized spacial score (nSPS) is 10.1. The van der Waals surface area contributed by atoms with Gasteiger partial charge in [0.15, 0.2) is 0 Å². The van der Waals surface area contributed by atoms with Crippen molar-refractivity contribution in [2.75, 3.05) is 5.32 Å². The molecule has 0 saturated heterocycles. The molecule has 0 amide bonds. The molecule has 4 nitrogen and oxygen atoms in total. The lowest BCUT2D eigenvalue weighted by Gasteiger charge is -2.07. The fraction of sp³-hybridized carbons (Fsp3) is 0.0769. The fourth-order valence-electron chi connectivity index (χ4n) is 1.46. The molecule has 0 fully saturated rings. The van der Waals surface area contributed by atoms with Crippen LogP contribution in [0.2, 0.25) is 0 Å². The van der Waals surface area contributed by atoms with E-state index in [9.17, 15) is 9.18 Å². The minimum absolute atomic E-state index is 0.0624. The third-order valence-electron chi connectivity index (χ3n) is 2.44. The molecule has 1 heterocycles. The van der Waals surface area contributed by atoms with Crippen LogP contribution in [-0.2, 0) is 0 Å². The number of hydrogen-bond donors (Lipinski definition) is 2. The third kappa shape index (κ3) is 2.63. The van der Waals surface area contributed by atoms with Crippen molar-refractivity contribution in [2.24, 2.45) is 0 Å². The first-order valence-corrected chi connectivity index (χ1v) is 5.29. The summed E-state index contributed by atoms with van der Waals surface area (Å²) in [5.41, 5.74) is 1.60. The number of aromatic carboxylic acids is 1. The number of aromatic nitrogens is 1. The Morgan fingerprint density at radius 3 is 2.67 bits per heavy atom. The van der Waals surface area contributed by atoms with E-state index in [0.717, 1.165) is 0 Å². The van der Waals surface area contributed by atoms with Gasteiger partial charge in [-0.3, -0.25) is 0 Å². The SMILES string of the molecule is Cc1ccc(Nc2ccnc(C(=O)O)c2)cc1F. The van der Waals surface area contributed by atoms with Crippen LogP contribution in [0.3, 0.4) is 0 Å². The fourth-order valence-corrected chi connectivity index (χ4v) is 1.46. The summed E-state index contributed by atoms with van der Waals surface area (Å²) in [6, 6.07) is 7.73. The van der Waals surface area contributed by atoms with Crippen molar-refractivity contribution in [2.45, 2.75) is 6.92 Å². The van der Waals surface area contributed by atoms with Crippen LogP contribution < -0.4 is 5.32 Å². The summed E-state index contributed by atoms with van der Waals surface area (Å²) in [4.78, 5) is 14.5. The number of nitrogens with zero attached hydrogens (tertiary/aromatic N) is 1. The molecule has 1 aromatic heterocycles. The first kappa shape index (κ1) is 12.0. The number of halogens is 1. The van der Waals surface area contributed by atoms with Crippen molar-refractivity contribution in [1.82, 2.24) is 4.98 Å². The van der Waals surface area contributed by atoms with Gasteiger partial charge in [0.1, 0.15) is 11.5 Å². The predicted octanol–water partition coefficient (Wildman–Crippen LogP) is 2.97. The number of carboxylic acid groups (broad SMARTS) is 1. The molecule has 0 bridgehead atoms. The average molecular weight is 246 g/mol. The first-order valence-electron chi connectivity index (χ1n) is 5.29. The summed E-state index contributed by atoms with van der Waals surface area (Å²) in [6.45, 7) is 1.67. The Morgan fingerprint density at radius 1 is 1.28 bits per heavy atom. The number of benzene rings is 1. The Kier molecular flexibility index (Phi) is 3.23. The number of pyridine rings is 1. The summed E-state index contributed by atoms with van der Waals surface area (Å²) in [7, 11) is 0. The molecule has 2 aromatic rings. The molecule has 0 saturated carbocycles. The van der Waals surface area contributed by atoms with Gasteiger partial charge < -0.3 is 10.4 Å².